The summed E-state index contributed by atoms with van der Waals surface area (Å²) in [5.41, 5.74) is 0.715. The summed E-state index contributed by atoms with van der Waals surface area (Å²) in [5, 5.41) is 20.9. The smallest absolute Gasteiger partial charge is 0.311 e. The van der Waals surface area contributed by atoms with E-state index in [1.54, 1.807) is 12.1 Å². The second-order valence-corrected chi connectivity index (χ2v) is 6.18. The summed E-state index contributed by atoms with van der Waals surface area (Å²) in [7, 11) is 0. The van der Waals surface area contributed by atoms with Crippen molar-refractivity contribution in [2.45, 2.75) is 26.2 Å². The fourth-order valence-corrected chi connectivity index (χ4v) is 3.87. The summed E-state index contributed by atoms with van der Waals surface area (Å²) in [4.78, 5) is 24.4. The Labute approximate surface area is 122 Å². The van der Waals surface area contributed by atoms with Crippen molar-refractivity contribution in [3.63, 3.8) is 0 Å². The summed E-state index contributed by atoms with van der Waals surface area (Å²) in [6, 6.07) is 5.13. The number of carbonyl (C=O) groups is 1. The number of fused-ring (bicyclic) bond motifs is 1. The van der Waals surface area contributed by atoms with Gasteiger partial charge in [-0.3, -0.25) is 14.9 Å². The minimum atomic E-state index is -0.762. The van der Waals surface area contributed by atoms with Gasteiger partial charge in [-0.1, -0.05) is 12.5 Å². The Bertz CT molecular complexity index is 616. The van der Waals surface area contributed by atoms with Gasteiger partial charge in [0.15, 0.2) is 0 Å². The van der Waals surface area contributed by atoms with Gasteiger partial charge in [-0.25, -0.2) is 0 Å². The molecule has 1 aliphatic carbocycles. The molecule has 2 atom stereocenters. The first-order valence-electron chi connectivity index (χ1n) is 7.17. The summed E-state index contributed by atoms with van der Waals surface area (Å²) in [6.07, 6.45) is 2.49. The van der Waals surface area contributed by atoms with Gasteiger partial charge >= 0.3 is 5.97 Å². The number of nitro benzene ring substituents is 1. The molecule has 6 heteroatoms. The maximum atomic E-state index is 11.7. The van der Waals surface area contributed by atoms with Crippen molar-refractivity contribution in [3.8, 4) is 0 Å². The predicted molar refractivity (Wildman–Crippen MR) is 77.5 cm³/mol. The Morgan fingerprint density at radius 2 is 2.29 bits per heavy atom. The molecule has 6 nitrogen and oxygen atoms in total. The van der Waals surface area contributed by atoms with Crippen LogP contribution >= 0.6 is 0 Å². The highest BCUT2D eigenvalue weighted by Gasteiger charge is 2.55. The SMILES string of the molecule is Cc1ccc(N2C[C@@H]3CCC[C@@]3(C(=O)O)C2)c([N+](=O)[O-])c1. The first-order chi connectivity index (χ1) is 9.94. The number of aliphatic carboxylic acids is 1. The van der Waals surface area contributed by atoms with Crippen LogP contribution in [0.1, 0.15) is 24.8 Å². The lowest BCUT2D eigenvalue weighted by Gasteiger charge is -2.24. The Kier molecular flexibility index (Phi) is 3.11. The van der Waals surface area contributed by atoms with Crippen LogP contribution < -0.4 is 4.90 Å². The largest absolute Gasteiger partial charge is 0.481 e. The number of nitrogens with zero attached hydrogens (tertiary/aromatic N) is 2. The summed E-state index contributed by atoms with van der Waals surface area (Å²) in [6.45, 7) is 2.78. The molecule has 1 aromatic carbocycles. The number of rotatable bonds is 3. The van der Waals surface area contributed by atoms with Gasteiger partial charge in [0.1, 0.15) is 5.69 Å². The van der Waals surface area contributed by atoms with E-state index >= 15 is 0 Å². The molecule has 3 rings (SSSR count). The van der Waals surface area contributed by atoms with Crippen molar-refractivity contribution in [1.82, 2.24) is 0 Å². The predicted octanol–water partition coefficient (Wildman–Crippen LogP) is 2.59. The van der Waals surface area contributed by atoms with Crippen LogP contribution in [-0.2, 0) is 4.79 Å². The van der Waals surface area contributed by atoms with Crippen molar-refractivity contribution in [2.24, 2.45) is 11.3 Å². The third-order valence-corrected chi connectivity index (χ3v) is 4.96. The number of benzene rings is 1. The fourth-order valence-electron chi connectivity index (χ4n) is 3.87. The van der Waals surface area contributed by atoms with Gasteiger partial charge in [0, 0.05) is 19.2 Å². The molecule has 0 aromatic heterocycles. The van der Waals surface area contributed by atoms with E-state index in [9.17, 15) is 20.0 Å². The van der Waals surface area contributed by atoms with Crippen molar-refractivity contribution in [1.29, 1.82) is 0 Å². The molecule has 0 amide bonds. The number of nitro groups is 1. The molecule has 0 unspecified atom stereocenters. The number of anilines is 1. The molecule has 1 N–H and O–H groups in total. The fraction of sp³-hybridized carbons (Fsp3) is 0.533. The van der Waals surface area contributed by atoms with Gasteiger partial charge in [-0.15, -0.1) is 0 Å². The zero-order valence-electron chi connectivity index (χ0n) is 11.9. The van der Waals surface area contributed by atoms with Crippen molar-refractivity contribution in [2.75, 3.05) is 18.0 Å². The lowest BCUT2D eigenvalue weighted by atomic mass is 9.81. The molecule has 1 heterocycles. The molecule has 1 aromatic rings. The normalized spacial score (nSPS) is 27.7. The molecule has 1 saturated heterocycles. The Hall–Kier alpha value is -2.11. The number of hydrogen-bond acceptors (Lipinski definition) is 4. The van der Waals surface area contributed by atoms with Crippen molar-refractivity contribution < 1.29 is 14.8 Å². The van der Waals surface area contributed by atoms with Crippen molar-refractivity contribution >= 4 is 17.3 Å². The van der Waals surface area contributed by atoms with E-state index in [0.717, 1.165) is 18.4 Å². The van der Waals surface area contributed by atoms with Gasteiger partial charge in [0.25, 0.3) is 5.69 Å². The molecule has 0 spiro atoms. The van der Waals surface area contributed by atoms with Crippen LogP contribution in [-0.4, -0.2) is 29.1 Å². The summed E-state index contributed by atoms with van der Waals surface area (Å²) < 4.78 is 0. The molecule has 0 bridgehead atoms. The third-order valence-electron chi connectivity index (χ3n) is 4.96. The third kappa shape index (κ3) is 2.05. The lowest BCUT2D eigenvalue weighted by Crippen LogP contribution is -2.35. The minimum absolute atomic E-state index is 0.0653. The highest BCUT2D eigenvalue weighted by Crippen LogP contribution is 2.50. The Balaban J connectivity index is 1.97. The molecule has 0 radical (unpaired) electrons. The molecule has 1 saturated carbocycles. The van der Waals surface area contributed by atoms with Crippen LogP contribution in [0.5, 0.6) is 0 Å². The number of carboxylic acid groups (broad SMARTS) is 1. The minimum Gasteiger partial charge on any atom is -0.481 e. The van der Waals surface area contributed by atoms with E-state index in [-0.39, 0.29) is 16.5 Å². The Morgan fingerprint density at radius 1 is 1.52 bits per heavy atom. The van der Waals surface area contributed by atoms with Crippen LogP contribution in [0.2, 0.25) is 0 Å². The Morgan fingerprint density at radius 3 is 2.90 bits per heavy atom. The number of aryl methyl sites for hydroxylation is 1. The molecule has 21 heavy (non-hydrogen) atoms. The van der Waals surface area contributed by atoms with E-state index < -0.39 is 11.4 Å². The van der Waals surface area contributed by atoms with Gasteiger partial charge in [0.2, 0.25) is 0 Å². The number of hydrogen-bond donors (Lipinski definition) is 1. The van der Waals surface area contributed by atoms with Crippen LogP contribution in [0, 0.1) is 28.4 Å². The van der Waals surface area contributed by atoms with Crippen LogP contribution in [0.3, 0.4) is 0 Å². The monoisotopic (exact) mass is 290 g/mol. The maximum Gasteiger partial charge on any atom is 0.311 e. The van der Waals surface area contributed by atoms with Gasteiger partial charge < -0.3 is 10.0 Å². The van der Waals surface area contributed by atoms with Gasteiger partial charge in [0.05, 0.1) is 10.3 Å². The molecule has 2 fully saturated rings. The quantitative estimate of drug-likeness (QED) is 0.683. The maximum absolute atomic E-state index is 11.7. The second-order valence-electron chi connectivity index (χ2n) is 6.18. The van der Waals surface area contributed by atoms with Crippen LogP contribution in [0.4, 0.5) is 11.4 Å². The van der Waals surface area contributed by atoms with Gasteiger partial charge in [-0.2, -0.15) is 0 Å². The molecule has 112 valence electrons. The zero-order chi connectivity index (χ0) is 15.2. The number of carboxylic acids is 1. The van der Waals surface area contributed by atoms with E-state index in [0.29, 0.717) is 25.2 Å². The first kappa shape index (κ1) is 13.9. The summed E-state index contributed by atoms with van der Waals surface area (Å²) >= 11 is 0. The van der Waals surface area contributed by atoms with E-state index in [1.807, 2.05) is 17.9 Å². The first-order valence-corrected chi connectivity index (χ1v) is 7.17. The topological polar surface area (TPSA) is 83.7 Å². The molecule has 1 aliphatic heterocycles. The van der Waals surface area contributed by atoms with Gasteiger partial charge in [-0.05, 0) is 37.3 Å². The molecular formula is C15H18N2O4. The molecule has 2 aliphatic rings. The van der Waals surface area contributed by atoms with Crippen LogP contribution in [0.15, 0.2) is 18.2 Å². The van der Waals surface area contributed by atoms with E-state index in [4.69, 9.17) is 0 Å². The lowest BCUT2D eigenvalue weighted by molar-refractivity contribution is -0.384. The second kappa shape index (κ2) is 4.72. The standard InChI is InChI=1S/C15H18N2O4/c1-10-4-5-12(13(7-10)17(20)21)16-8-11-3-2-6-15(11,9-16)14(18)19/h4-5,7,11H,2-3,6,8-9H2,1H3,(H,18,19)/t11-,15+/m0/s1. The highest BCUT2D eigenvalue weighted by molar-refractivity contribution is 5.79. The van der Waals surface area contributed by atoms with Crippen molar-refractivity contribution in [3.05, 3.63) is 33.9 Å². The molecular weight excluding hydrogens is 272 g/mol. The van der Waals surface area contributed by atoms with Crippen LogP contribution in [0.25, 0.3) is 0 Å². The summed E-state index contributed by atoms with van der Waals surface area (Å²) in [5.74, 6) is -0.668. The zero-order valence-corrected chi connectivity index (χ0v) is 11.9. The average Bonchev–Trinajstić information content (AvgIpc) is 2.95. The average molecular weight is 290 g/mol. The van der Waals surface area contributed by atoms with E-state index in [1.165, 1.54) is 0 Å². The highest BCUT2D eigenvalue weighted by atomic mass is 16.6. The van der Waals surface area contributed by atoms with E-state index in [2.05, 4.69) is 0 Å².